The van der Waals surface area contributed by atoms with Gasteiger partial charge < -0.3 is 15.4 Å². The van der Waals surface area contributed by atoms with Crippen LogP contribution in [0, 0.1) is 0 Å². The molecule has 2 aromatic rings. The Hall–Kier alpha value is -3.08. The molecule has 2 N–H and O–H groups in total. The van der Waals surface area contributed by atoms with E-state index in [1.807, 2.05) is 42.5 Å². The molecule has 2 aromatic carbocycles. The number of methoxy groups -OCH3 is 1. The van der Waals surface area contributed by atoms with Gasteiger partial charge in [-0.15, -0.1) is 0 Å². The van der Waals surface area contributed by atoms with Crippen molar-refractivity contribution in [3.05, 3.63) is 60.2 Å². The van der Waals surface area contributed by atoms with Gasteiger partial charge in [0.25, 0.3) is 0 Å². The van der Waals surface area contributed by atoms with Crippen LogP contribution in [-0.4, -0.2) is 18.9 Å². The lowest BCUT2D eigenvalue weighted by molar-refractivity contribution is -0.116. The van der Waals surface area contributed by atoms with Crippen LogP contribution in [-0.2, 0) is 9.59 Å². The first-order valence-corrected chi connectivity index (χ1v) is 8.05. The zero-order valence-corrected chi connectivity index (χ0v) is 14.4. The first-order valence-electron chi connectivity index (χ1n) is 8.05. The highest BCUT2D eigenvalue weighted by atomic mass is 16.5. The number of anilines is 2. The number of amides is 2. The van der Waals surface area contributed by atoms with Gasteiger partial charge in [-0.05, 0) is 24.1 Å². The minimum atomic E-state index is -0.202. The van der Waals surface area contributed by atoms with E-state index in [9.17, 15) is 9.59 Å². The summed E-state index contributed by atoms with van der Waals surface area (Å²) in [6.45, 7) is 1.42. The lowest BCUT2D eigenvalue weighted by atomic mass is 10.2. The third-order valence-corrected chi connectivity index (χ3v) is 3.46. The van der Waals surface area contributed by atoms with Crippen LogP contribution in [0.15, 0.2) is 54.6 Å². The zero-order valence-electron chi connectivity index (χ0n) is 14.4. The van der Waals surface area contributed by atoms with Gasteiger partial charge in [0.2, 0.25) is 11.8 Å². The molecule has 130 valence electrons. The molecule has 25 heavy (non-hydrogen) atoms. The quantitative estimate of drug-likeness (QED) is 0.799. The van der Waals surface area contributed by atoms with Gasteiger partial charge in [0, 0.05) is 19.4 Å². The van der Waals surface area contributed by atoms with E-state index in [0.717, 1.165) is 5.56 Å². The molecule has 5 heteroatoms. The summed E-state index contributed by atoms with van der Waals surface area (Å²) in [6, 6.07) is 15.0. The van der Waals surface area contributed by atoms with Crippen LogP contribution in [0.2, 0.25) is 0 Å². The van der Waals surface area contributed by atoms with E-state index < -0.39 is 0 Å². The van der Waals surface area contributed by atoms with Gasteiger partial charge in [0.1, 0.15) is 5.75 Å². The molecular weight excluding hydrogens is 316 g/mol. The molecular formula is C20H22N2O3. The van der Waals surface area contributed by atoms with Crippen molar-refractivity contribution in [3.63, 3.8) is 0 Å². The third-order valence-electron chi connectivity index (χ3n) is 3.46. The van der Waals surface area contributed by atoms with Crippen LogP contribution in [0.5, 0.6) is 5.75 Å². The summed E-state index contributed by atoms with van der Waals surface area (Å²) >= 11 is 0. The topological polar surface area (TPSA) is 67.4 Å². The van der Waals surface area contributed by atoms with E-state index in [1.165, 1.54) is 6.92 Å². The predicted molar refractivity (Wildman–Crippen MR) is 101 cm³/mol. The Labute approximate surface area is 147 Å². The van der Waals surface area contributed by atoms with Crippen molar-refractivity contribution in [2.75, 3.05) is 17.7 Å². The Bertz CT molecular complexity index is 755. The summed E-state index contributed by atoms with van der Waals surface area (Å²) in [5, 5.41) is 5.52. The molecule has 0 spiro atoms. The molecule has 2 amide bonds. The number of ether oxygens (including phenoxy) is 1. The SMILES string of the molecule is COc1ccc(NC(C)=O)c(NC(=O)CC/C=C\c2ccccc2)c1. The number of carbonyl (C=O) groups is 2. The molecule has 0 fully saturated rings. The van der Waals surface area contributed by atoms with Crippen molar-refractivity contribution in [1.29, 1.82) is 0 Å². The molecule has 0 saturated carbocycles. The van der Waals surface area contributed by atoms with Crippen molar-refractivity contribution >= 4 is 29.3 Å². The highest BCUT2D eigenvalue weighted by Gasteiger charge is 2.09. The number of carbonyl (C=O) groups excluding carboxylic acids is 2. The first-order chi connectivity index (χ1) is 12.1. The Morgan fingerprint density at radius 2 is 1.80 bits per heavy atom. The summed E-state index contributed by atoms with van der Waals surface area (Å²) < 4.78 is 5.17. The fourth-order valence-corrected chi connectivity index (χ4v) is 2.26. The fourth-order valence-electron chi connectivity index (χ4n) is 2.26. The first kappa shape index (κ1) is 18.3. The lowest BCUT2D eigenvalue weighted by Crippen LogP contribution is -2.14. The number of nitrogens with one attached hydrogen (secondary N) is 2. The van der Waals surface area contributed by atoms with E-state index in [0.29, 0.717) is 30.0 Å². The third kappa shape index (κ3) is 6.14. The normalized spacial score (nSPS) is 10.5. The Balaban J connectivity index is 1.94. The Morgan fingerprint density at radius 1 is 1.04 bits per heavy atom. The summed E-state index contributed by atoms with van der Waals surface area (Å²) in [7, 11) is 1.55. The van der Waals surface area contributed by atoms with Gasteiger partial charge >= 0.3 is 0 Å². The molecule has 0 atom stereocenters. The molecule has 0 aliphatic carbocycles. The summed E-state index contributed by atoms with van der Waals surface area (Å²) in [5.74, 6) is 0.275. The largest absolute Gasteiger partial charge is 0.497 e. The second-order valence-corrected chi connectivity index (χ2v) is 5.49. The van der Waals surface area contributed by atoms with Crippen molar-refractivity contribution < 1.29 is 14.3 Å². The highest BCUT2D eigenvalue weighted by molar-refractivity contribution is 5.99. The number of allylic oxidation sites excluding steroid dienone is 1. The van der Waals surface area contributed by atoms with Crippen molar-refractivity contribution in [2.24, 2.45) is 0 Å². The van der Waals surface area contributed by atoms with Gasteiger partial charge in [0.05, 0.1) is 18.5 Å². The molecule has 0 saturated heterocycles. The van der Waals surface area contributed by atoms with Crippen molar-refractivity contribution in [2.45, 2.75) is 19.8 Å². The van der Waals surface area contributed by atoms with Crippen LogP contribution in [0.4, 0.5) is 11.4 Å². The molecule has 0 unspecified atom stereocenters. The monoisotopic (exact) mass is 338 g/mol. The maximum Gasteiger partial charge on any atom is 0.224 e. The fraction of sp³-hybridized carbons (Fsp3) is 0.200. The van der Waals surface area contributed by atoms with Gasteiger partial charge in [0.15, 0.2) is 0 Å². The average molecular weight is 338 g/mol. The zero-order chi connectivity index (χ0) is 18.1. The van der Waals surface area contributed by atoms with E-state index in [4.69, 9.17) is 4.74 Å². The van der Waals surface area contributed by atoms with Crippen LogP contribution >= 0.6 is 0 Å². The van der Waals surface area contributed by atoms with Gasteiger partial charge in [-0.2, -0.15) is 0 Å². The molecule has 2 rings (SSSR count). The van der Waals surface area contributed by atoms with Crippen LogP contribution in [0.3, 0.4) is 0 Å². The number of rotatable bonds is 7. The summed E-state index contributed by atoms with van der Waals surface area (Å²) in [4.78, 5) is 23.4. The lowest BCUT2D eigenvalue weighted by Gasteiger charge is -2.12. The van der Waals surface area contributed by atoms with E-state index in [2.05, 4.69) is 10.6 Å². The van der Waals surface area contributed by atoms with E-state index in [1.54, 1.807) is 25.3 Å². The molecule has 0 aromatic heterocycles. The van der Waals surface area contributed by atoms with Gasteiger partial charge in [-0.1, -0.05) is 42.5 Å². The Morgan fingerprint density at radius 3 is 2.48 bits per heavy atom. The molecule has 0 radical (unpaired) electrons. The van der Waals surface area contributed by atoms with Crippen molar-refractivity contribution in [3.8, 4) is 5.75 Å². The average Bonchev–Trinajstić information content (AvgIpc) is 2.61. The van der Waals surface area contributed by atoms with Gasteiger partial charge in [-0.3, -0.25) is 9.59 Å². The smallest absolute Gasteiger partial charge is 0.224 e. The standard InChI is InChI=1S/C20H22N2O3/c1-15(23)21-18-13-12-17(25-2)14-19(18)22-20(24)11-7-6-10-16-8-4-3-5-9-16/h3-6,8-10,12-14H,7,11H2,1-2H3,(H,21,23)(H,22,24)/b10-6-. The maximum absolute atomic E-state index is 12.2. The van der Waals surface area contributed by atoms with E-state index >= 15 is 0 Å². The molecule has 5 nitrogen and oxygen atoms in total. The second-order valence-electron chi connectivity index (χ2n) is 5.49. The maximum atomic E-state index is 12.2. The van der Waals surface area contributed by atoms with Crippen LogP contribution in [0.1, 0.15) is 25.3 Å². The highest BCUT2D eigenvalue weighted by Crippen LogP contribution is 2.27. The van der Waals surface area contributed by atoms with Gasteiger partial charge in [-0.25, -0.2) is 0 Å². The number of hydrogen-bond acceptors (Lipinski definition) is 3. The van der Waals surface area contributed by atoms with Crippen molar-refractivity contribution in [1.82, 2.24) is 0 Å². The van der Waals surface area contributed by atoms with Crippen LogP contribution < -0.4 is 15.4 Å². The summed E-state index contributed by atoms with van der Waals surface area (Å²) in [5.41, 5.74) is 2.16. The minimum absolute atomic E-state index is 0.127. The molecule has 0 aliphatic heterocycles. The van der Waals surface area contributed by atoms with Crippen LogP contribution in [0.25, 0.3) is 6.08 Å². The minimum Gasteiger partial charge on any atom is -0.497 e. The second kappa shape index (κ2) is 9.27. The summed E-state index contributed by atoms with van der Waals surface area (Å²) in [6.07, 6.45) is 4.93. The van der Waals surface area contributed by atoms with E-state index in [-0.39, 0.29) is 11.8 Å². The molecule has 0 aliphatic rings. The number of benzene rings is 2. The molecule has 0 heterocycles. The number of hydrogen-bond donors (Lipinski definition) is 2. The molecule has 0 bridgehead atoms. The predicted octanol–water partition coefficient (Wildman–Crippen LogP) is 4.09. The Kier molecular flexibility index (Phi) is 6.77.